The summed E-state index contributed by atoms with van der Waals surface area (Å²) in [5.41, 5.74) is 1.55. The number of piperidine rings is 1. The Kier molecular flexibility index (Phi) is 4.61. The minimum Gasteiger partial charge on any atom is -0.490 e. The highest BCUT2D eigenvalue weighted by Crippen LogP contribution is 2.37. The monoisotopic (exact) mass is 375 g/mol. The van der Waals surface area contributed by atoms with E-state index in [0.717, 1.165) is 42.6 Å². The van der Waals surface area contributed by atoms with E-state index in [0.29, 0.717) is 23.3 Å². The molecule has 0 unspecified atom stereocenters. The standard InChI is InChI=1S/C20H26ClN3O2/c1-12(2)23-8-6-14(7-9-23)26-15-4-5-17-16(10-15)18(21)19-20(25)22-11-13(3)24(17)19/h4-5,10,12-14H,6-9,11H2,1-3H3,(H,22,25)/t13-/m1/s1. The Hall–Kier alpha value is -1.72. The van der Waals surface area contributed by atoms with Gasteiger partial charge in [0.25, 0.3) is 5.91 Å². The maximum absolute atomic E-state index is 12.3. The maximum atomic E-state index is 12.3. The van der Waals surface area contributed by atoms with Gasteiger partial charge < -0.3 is 19.5 Å². The van der Waals surface area contributed by atoms with E-state index in [2.05, 4.69) is 31.0 Å². The van der Waals surface area contributed by atoms with Crippen molar-refractivity contribution < 1.29 is 9.53 Å². The summed E-state index contributed by atoms with van der Waals surface area (Å²) in [5.74, 6) is 0.728. The van der Waals surface area contributed by atoms with Crippen LogP contribution in [0.3, 0.4) is 0 Å². The van der Waals surface area contributed by atoms with Crippen LogP contribution in [0, 0.1) is 0 Å². The van der Waals surface area contributed by atoms with Crippen LogP contribution in [0.15, 0.2) is 18.2 Å². The number of halogens is 1. The first kappa shape index (κ1) is 17.7. The van der Waals surface area contributed by atoms with Crippen molar-refractivity contribution in [3.63, 3.8) is 0 Å². The van der Waals surface area contributed by atoms with Crippen molar-refractivity contribution in [2.24, 2.45) is 0 Å². The SMILES string of the molecule is CC(C)N1CCC(Oc2ccc3c(c2)c(Cl)c2n3[C@H](C)CNC2=O)CC1. The molecule has 3 heterocycles. The van der Waals surface area contributed by atoms with Crippen molar-refractivity contribution in [1.29, 1.82) is 0 Å². The molecule has 140 valence electrons. The number of carbonyl (C=O) groups is 1. The molecule has 1 amide bonds. The summed E-state index contributed by atoms with van der Waals surface area (Å²) in [7, 11) is 0. The lowest BCUT2D eigenvalue weighted by Gasteiger charge is -2.34. The number of nitrogens with zero attached hydrogens (tertiary/aromatic N) is 2. The summed E-state index contributed by atoms with van der Waals surface area (Å²) in [6.45, 7) is 9.34. The number of hydrogen-bond donors (Lipinski definition) is 1. The number of nitrogens with one attached hydrogen (secondary N) is 1. The number of aromatic nitrogens is 1. The fraction of sp³-hybridized carbons (Fsp3) is 0.550. The van der Waals surface area contributed by atoms with E-state index < -0.39 is 0 Å². The second kappa shape index (κ2) is 6.78. The van der Waals surface area contributed by atoms with Crippen molar-refractivity contribution in [1.82, 2.24) is 14.8 Å². The normalized spacial score (nSPS) is 21.9. The summed E-state index contributed by atoms with van der Waals surface area (Å²) < 4.78 is 8.28. The second-order valence-electron chi connectivity index (χ2n) is 7.72. The minimum atomic E-state index is -0.104. The Bertz CT molecular complexity index is 837. The molecule has 0 aliphatic carbocycles. The van der Waals surface area contributed by atoms with Gasteiger partial charge >= 0.3 is 0 Å². The molecule has 2 aliphatic heterocycles. The van der Waals surface area contributed by atoms with E-state index in [1.165, 1.54) is 0 Å². The Labute approximate surface area is 159 Å². The Balaban J connectivity index is 1.59. The van der Waals surface area contributed by atoms with Gasteiger partial charge in [-0.05, 0) is 51.8 Å². The fourth-order valence-corrected chi connectivity index (χ4v) is 4.44. The molecule has 6 heteroatoms. The van der Waals surface area contributed by atoms with E-state index in [9.17, 15) is 4.79 Å². The Morgan fingerprint density at radius 1 is 1.27 bits per heavy atom. The summed E-state index contributed by atoms with van der Waals surface area (Å²) in [6, 6.07) is 6.78. The molecule has 4 rings (SSSR count). The highest BCUT2D eigenvalue weighted by molar-refractivity contribution is 6.39. The lowest BCUT2D eigenvalue weighted by Crippen LogP contribution is -2.41. The van der Waals surface area contributed by atoms with Gasteiger partial charge in [0, 0.05) is 37.1 Å². The first-order valence-corrected chi connectivity index (χ1v) is 9.86. The molecule has 1 atom stereocenters. The van der Waals surface area contributed by atoms with Gasteiger partial charge in [-0.25, -0.2) is 0 Å². The number of likely N-dealkylation sites (tertiary alicyclic amines) is 1. The third kappa shape index (κ3) is 2.97. The van der Waals surface area contributed by atoms with E-state index in [1.807, 2.05) is 22.8 Å². The molecule has 1 aromatic heterocycles. The lowest BCUT2D eigenvalue weighted by molar-refractivity contribution is 0.0844. The van der Waals surface area contributed by atoms with Crippen molar-refractivity contribution >= 4 is 28.4 Å². The van der Waals surface area contributed by atoms with Crippen molar-refractivity contribution in [2.75, 3.05) is 19.6 Å². The quantitative estimate of drug-likeness (QED) is 0.886. The minimum absolute atomic E-state index is 0.104. The summed E-state index contributed by atoms with van der Waals surface area (Å²) in [6.07, 6.45) is 2.31. The van der Waals surface area contributed by atoms with Crippen LogP contribution in [0.25, 0.3) is 10.9 Å². The molecule has 1 N–H and O–H groups in total. The maximum Gasteiger partial charge on any atom is 0.269 e. The molecule has 1 fully saturated rings. The average molecular weight is 376 g/mol. The van der Waals surface area contributed by atoms with E-state index in [1.54, 1.807) is 0 Å². The van der Waals surface area contributed by atoms with Crippen LogP contribution in [-0.2, 0) is 0 Å². The smallest absolute Gasteiger partial charge is 0.269 e. The van der Waals surface area contributed by atoms with Crippen molar-refractivity contribution in [3.05, 3.63) is 28.9 Å². The molecule has 1 aromatic carbocycles. The largest absolute Gasteiger partial charge is 0.490 e. The molecule has 0 radical (unpaired) electrons. The topological polar surface area (TPSA) is 46.5 Å². The molecule has 0 spiro atoms. The van der Waals surface area contributed by atoms with Gasteiger partial charge in [-0.3, -0.25) is 4.79 Å². The van der Waals surface area contributed by atoms with E-state index >= 15 is 0 Å². The molecular formula is C20H26ClN3O2. The van der Waals surface area contributed by atoms with Crippen LogP contribution < -0.4 is 10.1 Å². The first-order chi connectivity index (χ1) is 12.5. The van der Waals surface area contributed by atoms with Gasteiger partial charge in [0.1, 0.15) is 17.5 Å². The average Bonchev–Trinajstić information content (AvgIpc) is 2.92. The molecule has 26 heavy (non-hydrogen) atoms. The van der Waals surface area contributed by atoms with Crippen LogP contribution in [0.4, 0.5) is 0 Å². The predicted molar refractivity (Wildman–Crippen MR) is 104 cm³/mol. The Morgan fingerprint density at radius 3 is 2.69 bits per heavy atom. The van der Waals surface area contributed by atoms with E-state index in [-0.39, 0.29) is 18.1 Å². The van der Waals surface area contributed by atoms with Gasteiger partial charge in [0.15, 0.2) is 0 Å². The highest BCUT2D eigenvalue weighted by Gasteiger charge is 2.29. The first-order valence-electron chi connectivity index (χ1n) is 9.48. The zero-order valence-corrected chi connectivity index (χ0v) is 16.3. The molecular weight excluding hydrogens is 350 g/mol. The zero-order valence-electron chi connectivity index (χ0n) is 15.6. The fourth-order valence-electron chi connectivity index (χ4n) is 4.11. The van der Waals surface area contributed by atoms with Crippen molar-refractivity contribution in [2.45, 2.75) is 51.8 Å². The van der Waals surface area contributed by atoms with Gasteiger partial charge in [-0.2, -0.15) is 0 Å². The number of amides is 1. The zero-order chi connectivity index (χ0) is 18.4. The highest BCUT2D eigenvalue weighted by atomic mass is 35.5. The molecule has 2 aliphatic rings. The molecule has 0 saturated carbocycles. The van der Waals surface area contributed by atoms with Gasteiger partial charge in [-0.1, -0.05) is 11.6 Å². The van der Waals surface area contributed by atoms with Crippen LogP contribution in [-0.4, -0.2) is 47.2 Å². The number of rotatable bonds is 3. The number of ether oxygens (including phenoxy) is 1. The summed E-state index contributed by atoms with van der Waals surface area (Å²) >= 11 is 6.56. The predicted octanol–water partition coefficient (Wildman–Crippen LogP) is 3.85. The Morgan fingerprint density at radius 2 is 2.00 bits per heavy atom. The molecule has 1 saturated heterocycles. The molecule has 0 bridgehead atoms. The van der Waals surface area contributed by atoms with Crippen LogP contribution in [0.2, 0.25) is 5.02 Å². The van der Waals surface area contributed by atoms with Gasteiger partial charge in [-0.15, -0.1) is 0 Å². The van der Waals surface area contributed by atoms with Gasteiger partial charge in [0.05, 0.1) is 10.5 Å². The van der Waals surface area contributed by atoms with Crippen molar-refractivity contribution in [3.8, 4) is 5.75 Å². The van der Waals surface area contributed by atoms with E-state index in [4.69, 9.17) is 16.3 Å². The number of fused-ring (bicyclic) bond motifs is 3. The number of hydrogen-bond acceptors (Lipinski definition) is 3. The van der Waals surface area contributed by atoms with Gasteiger partial charge in [0.2, 0.25) is 0 Å². The molecule has 2 aromatic rings. The molecule has 5 nitrogen and oxygen atoms in total. The second-order valence-corrected chi connectivity index (χ2v) is 8.10. The van der Waals surface area contributed by atoms with Crippen LogP contribution in [0.5, 0.6) is 5.75 Å². The third-order valence-electron chi connectivity index (χ3n) is 5.64. The summed E-state index contributed by atoms with van der Waals surface area (Å²) in [5, 5.41) is 4.31. The number of benzene rings is 1. The summed E-state index contributed by atoms with van der Waals surface area (Å²) in [4.78, 5) is 14.7. The number of carbonyl (C=O) groups excluding carboxylic acids is 1. The van der Waals surface area contributed by atoms with Crippen LogP contribution in [0.1, 0.15) is 50.1 Å². The third-order valence-corrected chi connectivity index (χ3v) is 6.02. The lowest BCUT2D eigenvalue weighted by atomic mass is 10.1. The van der Waals surface area contributed by atoms with Crippen LogP contribution >= 0.6 is 11.6 Å².